The number of aromatic nitrogens is 2. The summed E-state index contributed by atoms with van der Waals surface area (Å²) in [5.41, 5.74) is 1.40. The maximum atomic E-state index is 12.6. The second-order valence-corrected chi connectivity index (χ2v) is 14.5. The van der Waals surface area contributed by atoms with Gasteiger partial charge in [0, 0.05) is 24.5 Å². The predicted octanol–water partition coefficient (Wildman–Crippen LogP) is 5.69. The molecule has 1 aliphatic heterocycles. The molecule has 1 saturated heterocycles. The van der Waals surface area contributed by atoms with Crippen LogP contribution in [0.5, 0.6) is 0 Å². The highest BCUT2D eigenvalue weighted by atomic mass is 19.4. The standard InChI is InChI=1S/C17H18F3N3O.C15H18N4O3.C5H12/c1-11(8-12-2-3-12)22-16(24)13-9-21-23(10-13)15-6-4-14(5-7-15)17(18,19)20;16-7-13-6-11(9-19(13)14(21)8-17-10-20)15(22)18-12-4-2-1-3-5-12;1-5(2,3)4/h4-7,9-12H,2-3,8H2,1H3,(H,22,24);2,4-5,10-11,13H,1,3,6,8-9H2,(H,17,20)(H,18,22);1-4H3. The number of likely N-dealkylation sites (tertiary alicyclic amines) is 1. The third-order valence-corrected chi connectivity index (χ3v) is 7.81. The molecule has 1 aromatic carbocycles. The molecule has 2 heterocycles. The average molecular weight is 712 g/mol. The lowest BCUT2D eigenvalue weighted by molar-refractivity contribution is -0.137. The maximum absolute atomic E-state index is 12.6. The molecule has 276 valence electrons. The molecule has 0 bridgehead atoms. The lowest BCUT2D eigenvalue weighted by Gasteiger charge is -2.19. The number of benzene rings is 1. The Bertz CT molecular complexity index is 1590. The zero-order valence-corrected chi connectivity index (χ0v) is 29.8. The Labute approximate surface area is 297 Å². The molecule has 3 atom stereocenters. The Morgan fingerprint density at radius 1 is 1.10 bits per heavy atom. The first-order chi connectivity index (χ1) is 24.0. The largest absolute Gasteiger partial charge is 0.416 e. The van der Waals surface area contributed by atoms with Gasteiger partial charge in [0.15, 0.2) is 0 Å². The van der Waals surface area contributed by atoms with Gasteiger partial charge in [-0.15, -0.1) is 0 Å². The summed E-state index contributed by atoms with van der Waals surface area (Å²) >= 11 is 0. The number of halogens is 3. The highest BCUT2D eigenvalue weighted by Crippen LogP contribution is 2.33. The topological polar surface area (TPSA) is 149 Å². The van der Waals surface area contributed by atoms with Gasteiger partial charge in [0.1, 0.15) is 6.04 Å². The number of nitriles is 1. The normalized spacial score (nSPS) is 18.8. The van der Waals surface area contributed by atoms with E-state index in [0.717, 1.165) is 43.0 Å². The van der Waals surface area contributed by atoms with Gasteiger partial charge in [-0.2, -0.15) is 23.5 Å². The SMILES string of the molecule is CC(C)(C)C.CC(CC1CC1)NC(=O)c1cnn(-c2ccc(C(F)(F)F)cc2)c1.N#CC1CC(C(=O)NC2=CCCC=C2)CN1C(=O)CNC=O. The van der Waals surface area contributed by atoms with Crippen LogP contribution in [-0.4, -0.2) is 64.0 Å². The summed E-state index contributed by atoms with van der Waals surface area (Å²) in [7, 11) is 0. The van der Waals surface area contributed by atoms with Crippen LogP contribution in [0, 0.1) is 28.6 Å². The summed E-state index contributed by atoms with van der Waals surface area (Å²) in [6, 6.07) is 6.15. The molecule has 3 unspecified atom stereocenters. The first-order valence-corrected chi connectivity index (χ1v) is 17.0. The van der Waals surface area contributed by atoms with Crippen molar-refractivity contribution >= 4 is 24.1 Å². The van der Waals surface area contributed by atoms with Gasteiger partial charge in [-0.1, -0.05) is 52.7 Å². The van der Waals surface area contributed by atoms with E-state index in [9.17, 15) is 32.3 Å². The molecule has 3 N–H and O–H groups in total. The number of hydrogen-bond acceptors (Lipinski definition) is 6. The fourth-order valence-corrected chi connectivity index (χ4v) is 5.21. The number of amides is 4. The second kappa shape index (κ2) is 18.3. The zero-order chi connectivity index (χ0) is 37.8. The van der Waals surface area contributed by atoms with E-state index in [1.165, 1.54) is 46.9 Å². The fraction of sp³-hybridized carbons (Fsp3) is 0.514. The molecular weight excluding hydrogens is 663 g/mol. The predicted molar refractivity (Wildman–Crippen MR) is 186 cm³/mol. The Balaban J connectivity index is 0.000000244. The first-order valence-electron chi connectivity index (χ1n) is 17.0. The molecule has 0 radical (unpaired) electrons. The molecule has 1 saturated carbocycles. The van der Waals surface area contributed by atoms with Crippen molar-refractivity contribution in [3.63, 3.8) is 0 Å². The molecule has 14 heteroatoms. The number of allylic oxidation sites excluding steroid dienone is 3. The highest BCUT2D eigenvalue weighted by molar-refractivity contribution is 5.94. The van der Waals surface area contributed by atoms with Crippen molar-refractivity contribution in [2.75, 3.05) is 13.1 Å². The number of alkyl halides is 3. The van der Waals surface area contributed by atoms with Crippen molar-refractivity contribution in [3.05, 3.63) is 71.7 Å². The summed E-state index contributed by atoms with van der Waals surface area (Å²) in [5, 5.41) is 21.2. The van der Waals surface area contributed by atoms with Crippen LogP contribution in [0.15, 0.2) is 60.6 Å². The minimum atomic E-state index is -4.37. The molecule has 3 aliphatic rings. The molecule has 5 rings (SSSR count). The van der Waals surface area contributed by atoms with Gasteiger partial charge < -0.3 is 20.9 Å². The smallest absolute Gasteiger partial charge is 0.350 e. The van der Waals surface area contributed by atoms with Crippen LogP contribution in [0.25, 0.3) is 5.69 Å². The van der Waals surface area contributed by atoms with Crippen molar-refractivity contribution in [1.29, 1.82) is 5.26 Å². The van der Waals surface area contributed by atoms with Crippen LogP contribution in [0.2, 0.25) is 0 Å². The number of carbonyl (C=O) groups is 4. The molecule has 11 nitrogen and oxygen atoms in total. The summed E-state index contributed by atoms with van der Waals surface area (Å²) in [6.45, 7) is 10.8. The van der Waals surface area contributed by atoms with Gasteiger partial charge in [-0.3, -0.25) is 19.2 Å². The highest BCUT2D eigenvalue weighted by Gasteiger charge is 2.38. The van der Waals surface area contributed by atoms with Crippen LogP contribution in [0.3, 0.4) is 0 Å². The maximum Gasteiger partial charge on any atom is 0.416 e. The van der Waals surface area contributed by atoms with Crippen LogP contribution >= 0.6 is 0 Å². The third kappa shape index (κ3) is 14.1. The van der Waals surface area contributed by atoms with Gasteiger partial charge in [0.2, 0.25) is 18.2 Å². The van der Waals surface area contributed by atoms with Crippen molar-refractivity contribution < 1.29 is 32.3 Å². The monoisotopic (exact) mass is 711 g/mol. The Morgan fingerprint density at radius 2 is 1.76 bits per heavy atom. The van der Waals surface area contributed by atoms with Crippen molar-refractivity contribution in [2.24, 2.45) is 17.3 Å². The lowest BCUT2D eigenvalue weighted by Crippen LogP contribution is -2.41. The molecule has 4 amide bonds. The van der Waals surface area contributed by atoms with Crippen LogP contribution in [0.1, 0.15) is 89.1 Å². The van der Waals surface area contributed by atoms with Crippen LogP contribution in [0.4, 0.5) is 13.2 Å². The van der Waals surface area contributed by atoms with Crippen LogP contribution in [-0.2, 0) is 20.6 Å². The zero-order valence-electron chi connectivity index (χ0n) is 29.8. The van der Waals surface area contributed by atoms with Gasteiger partial charge in [-0.25, -0.2) is 4.68 Å². The molecule has 2 fully saturated rings. The Hall–Kier alpha value is -4.93. The van der Waals surface area contributed by atoms with E-state index in [2.05, 4.69) is 48.7 Å². The number of nitrogens with zero attached hydrogens (tertiary/aromatic N) is 4. The van der Waals surface area contributed by atoms with E-state index in [-0.39, 0.29) is 36.9 Å². The molecule has 0 spiro atoms. The van der Waals surface area contributed by atoms with Crippen molar-refractivity contribution in [3.8, 4) is 11.8 Å². The van der Waals surface area contributed by atoms with E-state index in [1.807, 2.05) is 31.2 Å². The summed E-state index contributed by atoms with van der Waals surface area (Å²) in [5.74, 6) is -0.458. The fourth-order valence-electron chi connectivity index (χ4n) is 5.21. The summed E-state index contributed by atoms with van der Waals surface area (Å²) < 4.78 is 39.1. The second-order valence-electron chi connectivity index (χ2n) is 14.5. The van der Waals surface area contributed by atoms with Gasteiger partial charge in [0.05, 0.1) is 41.5 Å². The molecule has 2 aliphatic carbocycles. The third-order valence-electron chi connectivity index (χ3n) is 7.81. The average Bonchev–Trinajstić information content (AvgIpc) is 3.54. The Morgan fingerprint density at radius 3 is 2.31 bits per heavy atom. The number of carbonyl (C=O) groups excluding carboxylic acids is 4. The molecule has 1 aromatic heterocycles. The number of nitrogens with one attached hydrogen (secondary N) is 3. The first kappa shape index (κ1) is 40.5. The summed E-state index contributed by atoms with van der Waals surface area (Å²) in [6.07, 6.45) is 10.4. The number of hydrogen-bond donors (Lipinski definition) is 3. The molecule has 51 heavy (non-hydrogen) atoms. The van der Waals surface area contributed by atoms with E-state index in [0.29, 0.717) is 29.5 Å². The van der Waals surface area contributed by atoms with Gasteiger partial charge in [-0.05, 0) is 74.3 Å². The molecular formula is C37H48F3N7O4. The van der Waals surface area contributed by atoms with Gasteiger partial charge in [0.25, 0.3) is 5.91 Å². The van der Waals surface area contributed by atoms with Crippen LogP contribution < -0.4 is 16.0 Å². The van der Waals surface area contributed by atoms with E-state index in [1.54, 1.807) is 0 Å². The van der Waals surface area contributed by atoms with E-state index in [4.69, 9.17) is 5.26 Å². The van der Waals surface area contributed by atoms with Crippen molar-refractivity contribution in [1.82, 2.24) is 30.6 Å². The minimum absolute atomic E-state index is 0.0967. The van der Waals surface area contributed by atoms with E-state index < -0.39 is 23.7 Å². The van der Waals surface area contributed by atoms with E-state index >= 15 is 0 Å². The Kier molecular flexibility index (Phi) is 14.6. The number of rotatable bonds is 10. The minimum Gasteiger partial charge on any atom is -0.350 e. The quantitative estimate of drug-likeness (QED) is 0.270. The van der Waals surface area contributed by atoms with Crippen molar-refractivity contribution in [2.45, 2.75) is 91.4 Å². The molecule has 2 aromatic rings. The summed E-state index contributed by atoms with van der Waals surface area (Å²) in [4.78, 5) is 48.0. The lowest BCUT2D eigenvalue weighted by atomic mass is 10.0. The van der Waals surface area contributed by atoms with Gasteiger partial charge >= 0.3 is 6.18 Å².